The molecule has 0 heterocycles. The number of aryl methyl sites for hydroxylation is 1. The highest BCUT2D eigenvalue weighted by Crippen LogP contribution is 2.27. The quantitative estimate of drug-likeness (QED) is 0.699. The number of carbonyl (C=O) groups excluding carboxylic acids is 2. The number of carbonyl (C=O) groups is 2. The van der Waals surface area contributed by atoms with Crippen LogP contribution in [-0.2, 0) is 11.2 Å². The molecule has 26 heavy (non-hydrogen) atoms. The van der Waals surface area contributed by atoms with E-state index in [1.54, 1.807) is 36.4 Å². The molecule has 3 N–H and O–H groups in total. The molecule has 0 fully saturated rings. The molecule has 0 unspecified atom stereocenters. The minimum absolute atomic E-state index is 0.0663. The van der Waals surface area contributed by atoms with Crippen molar-refractivity contribution in [2.75, 3.05) is 19.5 Å². The van der Waals surface area contributed by atoms with Crippen LogP contribution in [0.3, 0.4) is 0 Å². The van der Waals surface area contributed by atoms with Gasteiger partial charge in [0.15, 0.2) is 11.5 Å². The molecule has 0 saturated carbocycles. The first-order valence-electron chi connectivity index (χ1n) is 7.76. The second-order valence-corrected chi connectivity index (χ2v) is 5.89. The monoisotopic (exact) mass is 377 g/mol. The van der Waals surface area contributed by atoms with Crippen LogP contribution in [0.2, 0.25) is 5.02 Å². The van der Waals surface area contributed by atoms with Gasteiger partial charge in [0.2, 0.25) is 5.91 Å². The largest absolute Gasteiger partial charge is 0.493 e. The van der Waals surface area contributed by atoms with Crippen LogP contribution < -0.4 is 25.6 Å². The van der Waals surface area contributed by atoms with E-state index < -0.39 is 6.03 Å². The number of amides is 3. The average molecular weight is 378 g/mol. The Balaban J connectivity index is 1.88. The first-order valence-corrected chi connectivity index (χ1v) is 8.13. The van der Waals surface area contributed by atoms with E-state index in [1.165, 1.54) is 14.2 Å². The van der Waals surface area contributed by atoms with Gasteiger partial charge in [-0.2, -0.15) is 0 Å². The van der Waals surface area contributed by atoms with Gasteiger partial charge in [-0.05, 0) is 42.3 Å². The van der Waals surface area contributed by atoms with E-state index in [0.717, 1.165) is 5.56 Å². The summed E-state index contributed by atoms with van der Waals surface area (Å²) >= 11 is 5.90. The lowest BCUT2D eigenvalue weighted by Crippen LogP contribution is -2.44. The Morgan fingerprint density at radius 1 is 1.00 bits per heavy atom. The summed E-state index contributed by atoms with van der Waals surface area (Å²) in [5.41, 5.74) is 6.77. The van der Waals surface area contributed by atoms with Crippen molar-refractivity contribution < 1.29 is 19.1 Å². The molecule has 138 valence electrons. The van der Waals surface area contributed by atoms with Crippen molar-refractivity contribution in [1.29, 1.82) is 0 Å². The van der Waals surface area contributed by atoms with Gasteiger partial charge < -0.3 is 14.8 Å². The average Bonchev–Trinajstić information content (AvgIpc) is 2.63. The van der Waals surface area contributed by atoms with Crippen LogP contribution in [0.4, 0.5) is 10.5 Å². The van der Waals surface area contributed by atoms with Crippen LogP contribution in [0, 0.1) is 6.92 Å². The highest BCUT2D eigenvalue weighted by atomic mass is 35.5. The van der Waals surface area contributed by atoms with Gasteiger partial charge >= 0.3 is 6.03 Å². The minimum atomic E-state index is -0.573. The van der Waals surface area contributed by atoms with Crippen molar-refractivity contribution in [2.24, 2.45) is 0 Å². The number of ether oxygens (including phenoxy) is 2. The normalized spacial score (nSPS) is 10.0. The number of methoxy groups -OCH3 is 2. The maximum absolute atomic E-state index is 12.0. The fourth-order valence-corrected chi connectivity index (χ4v) is 2.40. The Morgan fingerprint density at radius 2 is 1.73 bits per heavy atom. The van der Waals surface area contributed by atoms with Crippen molar-refractivity contribution in [2.45, 2.75) is 13.3 Å². The van der Waals surface area contributed by atoms with Crippen molar-refractivity contribution in [3.8, 4) is 11.5 Å². The van der Waals surface area contributed by atoms with Crippen LogP contribution in [0.1, 0.15) is 11.1 Å². The van der Waals surface area contributed by atoms with Gasteiger partial charge in [0.1, 0.15) is 0 Å². The zero-order valence-corrected chi connectivity index (χ0v) is 15.4. The van der Waals surface area contributed by atoms with Crippen molar-refractivity contribution in [3.05, 3.63) is 52.5 Å². The van der Waals surface area contributed by atoms with Crippen molar-refractivity contribution in [1.82, 2.24) is 10.9 Å². The molecule has 7 nitrogen and oxygen atoms in total. The first-order chi connectivity index (χ1) is 12.4. The topological polar surface area (TPSA) is 88.7 Å². The van der Waals surface area contributed by atoms with Gasteiger partial charge in [0.25, 0.3) is 0 Å². The lowest BCUT2D eigenvalue weighted by molar-refractivity contribution is -0.121. The Bertz CT molecular complexity index is 811. The number of nitrogens with one attached hydrogen (secondary N) is 3. The van der Waals surface area contributed by atoms with Crippen LogP contribution in [0.15, 0.2) is 36.4 Å². The number of rotatable bonds is 5. The number of hydrazine groups is 1. The molecule has 0 spiro atoms. The molecule has 3 amide bonds. The summed E-state index contributed by atoms with van der Waals surface area (Å²) in [6, 6.07) is 9.73. The van der Waals surface area contributed by atoms with Crippen LogP contribution in [0.25, 0.3) is 0 Å². The molecule has 0 saturated heterocycles. The number of hydrogen-bond acceptors (Lipinski definition) is 4. The number of halogens is 1. The van der Waals surface area contributed by atoms with E-state index in [-0.39, 0.29) is 12.3 Å². The molecule has 2 aromatic carbocycles. The lowest BCUT2D eigenvalue weighted by Gasteiger charge is -2.12. The molecule has 2 rings (SSSR count). The molecule has 0 aromatic heterocycles. The van der Waals surface area contributed by atoms with Crippen LogP contribution in [-0.4, -0.2) is 26.2 Å². The van der Waals surface area contributed by atoms with E-state index in [2.05, 4.69) is 16.2 Å². The number of urea groups is 1. The lowest BCUT2D eigenvalue weighted by atomic mass is 10.1. The van der Waals surface area contributed by atoms with Gasteiger partial charge in [-0.15, -0.1) is 0 Å². The van der Waals surface area contributed by atoms with E-state index in [4.69, 9.17) is 21.1 Å². The Hall–Kier alpha value is -2.93. The third-order valence-corrected chi connectivity index (χ3v) is 3.81. The molecule has 0 radical (unpaired) electrons. The molecule has 0 atom stereocenters. The van der Waals surface area contributed by atoms with Crippen molar-refractivity contribution in [3.63, 3.8) is 0 Å². The molecule has 8 heteroatoms. The summed E-state index contributed by atoms with van der Waals surface area (Å²) in [5, 5.41) is 3.12. The number of hydrogen-bond donors (Lipinski definition) is 3. The Morgan fingerprint density at radius 3 is 2.42 bits per heavy atom. The summed E-state index contributed by atoms with van der Waals surface area (Å²) in [4.78, 5) is 23.9. The predicted octanol–water partition coefficient (Wildman–Crippen LogP) is 3.06. The van der Waals surface area contributed by atoms with E-state index in [1.807, 2.05) is 6.92 Å². The maximum atomic E-state index is 12.0. The zero-order chi connectivity index (χ0) is 19.1. The van der Waals surface area contributed by atoms with Gasteiger partial charge in [-0.1, -0.05) is 23.7 Å². The fourth-order valence-electron chi connectivity index (χ4n) is 2.23. The third kappa shape index (κ3) is 5.29. The van der Waals surface area contributed by atoms with Gasteiger partial charge in [-0.3, -0.25) is 10.2 Å². The summed E-state index contributed by atoms with van der Waals surface area (Å²) in [6.07, 6.45) is 0.0663. The highest BCUT2D eigenvalue weighted by molar-refractivity contribution is 6.31. The SMILES string of the molecule is COc1ccc(CC(=O)NNC(=O)Nc2cc(Cl)ccc2C)cc1OC. The maximum Gasteiger partial charge on any atom is 0.337 e. The fraction of sp³-hybridized carbons (Fsp3) is 0.222. The molecular formula is C18H20ClN3O4. The smallest absolute Gasteiger partial charge is 0.337 e. The minimum Gasteiger partial charge on any atom is -0.493 e. The molecule has 2 aromatic rings. The summed E-state index contributed by atoms with van der Waals surface area (Å²) in [6.45, 7) is 1.83. The molecule has 0 bridgehead atoms. The third-order valence-electron chi connectivity index (χ3n) is 3.58. The highest BCUT2D eigenvalue weighted by Gasteiger charge is 2.10. The van der Waals surface area contributed by atoms with Crippen LogP contribution in [0.5, 0.6) is 11.5 Å². The molecule has 0 aliphatic rings. The zero-order valence-electron chi connectivity index (χ0n) is 14.7. The van der Waals surface area contributed by atoms with Crippen molar-refractivity contribution >= 4 is 29.2 Å². The molecule has 0 aliphatic carbocycles. The van der Waals surface area contributed by atoms with E-state index in [0.29, 0.717) is 27.8 Å². The van der Waals surface area contributed by atoms with Crippen LogP contribution >= 0.6 is 11.6 Å². The summed E-state index contributed by atoms with van der Waals surface area (Å²) in [5.74, 6) is 0.723. The molecule has 0 aliphatic heterocycles. The van der Waals surface area contributed by atoms with E-state index >= 15 is 0 Å². The second kappa shape index (κ2) is 8.96. The Kier molecular flexibility index (Phi) is 6.68. The molecular weight excluding hydrogens is 358 g/mol. The Labute approximate surface area is 156 Å². The summed E-state index contributed by atoms with van der Waals surface area (Å²) < 4.78 is 10.3. The second-order valence-electron chi connectivity index (χ2n) is 5.45. The first kappa shape index (κ1) is 19.4. The standard InChI is InChI=1S/C18H20ClN3O4/c1-11-4-6-13(19)10-14(11)20-18(24)22-21-17(23)9-12-5-7-15(25-2)16(8-12)26-3/h4-8,10H,9H2,1-3H3,(H,21,23)(H2,20,22,24). The number of anilines is 1. The van der Waals surface area contributed by atoms with Gasteiger partial charge in [-0.25, -0.2) is 10.2 Å². The van der Waals surface area contributed by atoms with E-state index in [9.17, 15) is 9.59 Å². The number of benzene rings is 2. The summed E-state index contributed by atoms with van der Waals surface area (Å²) in [7, 11) is 3.06. The van der Waals surface area contributed by atoms with Gasteiger partial charge in [0, 0.05) is 10.7 Å². The predicted molar refractivity (Wildman–Crippen MR) is 99.7 cm³/mol. The van der Waals surface area contributed by atoms with Gasteiger partial charge in [0.05, 0.1) is 20.6 Å².